The molecule has 0 radical (unpaired) electrons. The highest BCUT2D eigenvalue weighted by Gasteiger charge is 2.28. The first kappa shape index (κ1) is 18.4. The molecule has 4 N–H and O–H groups in total. The summed E-state index contributed by atoms with van der Waals surface area (Å²) in [6.07, 6.45) is 4.54. The molecule has 2 heterocycles. The number of carbonyl (C=O) groups is 2. The van der Waals surface area contributed by atoms with Gasteiger partial charge >= 0.3 is 12.0 Å². The van der Waals surface area contributed by atoms with E-state index >= 15 is 0 Å². The van der Waals surface area contributed by atoms with E-state index in [2.05, 4.69) is 15.2 Å². The number of aliphatic carboxylic acids is 1. The number of nitrogens with one attached hydrogen (secondary N) is 1. The second-order valence-electron chi connectivity index (χ2n) is 7.04. The zero-order valence-corrected chi connectivity index (χ0v) is 14.9. The van der Waals surface area contributed by atoms with E-state index < -0.39 is 5.97 Å². The molecule has 142 valence electrons. The number of pyridine rings is 1. The van der Waals surface area contributed by atoms with Crippen molar-refractivity contribution in [3.63, 3.8) is 0 Å². The van der Waals surface area contributed by atoms with Crippen LogP contribution in [0.25, 0.3) is 0 Å². The standard InChI is InChI=1S/C18H27N5O3/c19-11-13-1-6-16(20-12-13)22-7-9-23(10-8-22)18(26)21-15-4-2-14(3-5-15)17(24)25/h1,6,12,14-15H,2-5,7-11,19H2,(H,21,26)(H,24,25)/t14-,15-. The Bertz CT molecular complexity index is 620. The summed E-state index contributed by atoms with van der Waals surface area (Å²) in [4.78, 5) is 31.9. The molecule has 1 saturated carbocycles. The quantitative estimate of drug-likeness (QED) is 0.738. The molecule has 8 heteroatoms. The Kier molecular flexibility index (Phi) is 5.92. The van der Waals surface area contributed by atoms with Crippen LogP contribution in [0.1, 0.15) is 31.2 Å². The van der Waals surface area contributed by atoms with Crippen LogP contribution in [-0.2, 0) is 11.3 Å². The largest absolute Gasteiger partial charge is 0.481 e. The lowest BCUT2D eigenvalue weighted by molar-refractivity contribution is -0.142. The number of carboxylic acid groups (broad SMARTS) is 1. The van der Waals surface area contributed by atoms with Crippen molar-refractivity contribution in [2.24, 2.45) is 11.7 Å². The van der Waals surface area contributed by atoms with Gasteiger partial charge in [-0.3, -0.25) is 4.79 Å². The lowest BCUT2D eigenvalue weighted by Crippen LogP contribution is -2.54. The summed E-state index contributed by atoms with van der Waals surface area (Å²) < 4.78 is 0. The maximum Gasteiger partial charge on any atom is 0.317 e. The number of hydrogen-bond donors (Lipinski definition) is 3. The SMILES string of the molecule is NCc1ccc(N2CCN(C(=O)N[C@H]3CC[C@H](C(=O)O)CC3)CC2)nc1. The molecule has 2 fully saturated rings. The lowest BCUT2D eigenvalue weighted by Gasteiger charge is -2.36. The van der Waals surface area contributed by atoms with Gasteiger partial charge in [0, 0.05) is 45.0 Å². The molecule has 0 aromatic carbocycles. The number of carboxylic acids is 1. The van der Waals surface area contributed by atoms with E-state index in [-0.39, 0.29) is 18.0 Å². The monoisotopic (exact) mass is 361 g/mol. The summed E-state index contributed by atoms with van der Waals surface area (Å²) in [5, 5.41) is 12.1. The van der Waals surface area contributed by atoms with Crippen molar-refractivity contribution < 1.29 is 14.7 Å². The van der Waals surface area contributed by atoms with Crippen LogP contribution in [0.15, 0.2) is 18.3 Å². The Balaban J connectivity index is 1.44. The van der Waals surface area contributed by atoms with E-state index in [4.69, 9.17) is 10.8 Å². The number of amides is 2. The van der Waals surface area contributed by atoms with Crippen LogP contribution in [0.3, 0.4) is 0 Å². The number of rotatable bonds is 4. The number of nitrogens with two attached hydrogens (primary N) is 1. The average Bonchev–Trinajstić information content (AvgIpc) is 2.68. The smallest absolute Gasteiger partial charge is 0.317 e. The minimum Gasteiger partial charge on any atom is -0.481 e. The van der Waals surface area contributed by atoms with Crippen LogP contribution in [0.4, 0.5) is 10.6 Å². The summed E-state index contributed by atoms with van der Waals surface area (Å²) in [6.45, 7) is 3.27. The molecule has 1 aliphatic heterocycles. The summed E-state index contributed by atoms with van der Waals surface area (Å²) in [5.74, 6) is -0.0712. The minimum absolute atomic E-state index is 0.0464. The molecule has 3 rings (SSSR count). The fourth-order valence-electron chi connectivity index (χ4n) is 3.61. The number of carbonyl (C=O) groups excluding carboxylic acids is 1. The molecule has 0 bridgehead atoms. The molecule has 0 unspecified atom stereocenters. The number of anilines is 1. The van der Waals surface area contributed by atoms with Crippen LogP contribution < -0.4 is 16.0 Å². The van der Waals surface area contributed by atoms with Crippen molar-refractivity contribution in [3.8, 4) is 0 Å². The molecule has 26 heavy (non-hydrogen) atoms. The molecular formula is C18H27N5O3. The van der Waals surface area contributed by atoms with Gasteiger partial charge in [-0.2, -0.15) is 0 Å². The Morgan fingerprint density at radius 2 is 1.85 bits per heavy atom. The van der Waals surface area contributed by atoms with Gasteiger partial charge in [0.15, 0.2) is 0 Å². The molecule has 1 aromatic rings. The van der Waals surface area contributed by atoms with Crippen LogP contribution in [0.2, 0.25) is 0 Å². The molecule has 8 nitrogen and oxygen atoms in total. The first-order valence-electron chi connectivity index (χ1n) is 9.25. The van der Waals surface area contributed by atoms with Gasteiger partial charge in [0.1, 0.15) is 5.82 Å². The second kappa shape index (κ2) is 8.35. The summed E-state index contributed by atoms with van der Waals surface area (Å²) in [5.41, 5.74) is 6.60. The van der Waals surface area contributed by atoms with Gasteiger partial charge in [-0.15, -0.1) is 0 Å². The van der Waals surface area contributed by atoms with Gasteiger partial charge in [-0.05, 0) is 37.3 Å². The highest BCUT2D eigenvalue weighted by molar-refractivity contribution is 5.75. The summed E-state index contributed by atoms with van der Waals surface area (Å²) in [6, 6.07) is 3.99. The van der Waals surface area contributed by atoms with Crippen molar-refractivity contribution in [1.82, 2.24) is 15.2 Å². The highest BCUT2D eigenvalue weighted by atomic mass is 16.4. The van der Waals surface area contributed by atoms with Crippen molar-refractivity contribution in [2.45, 2.75) is 38.3 Å². The number of aromatic nitrogens is 1. The van der Waals surface area contributed by atoms with E-state index in [1.807, 2.05) is 17.0 Å². The maximum atomic E-state index is 12.5. The van der Waals surface area contributed by atoms with Gasteiger partial charge in [-0.1, -0.05) is 6.07 Å². The normalized spacial score (nSPS) is 23.6. The Hall–Kier alpha value is -2.35. The van der Waals surface area contributed by atoms with Crippen molar-refractivity contribution in [3.05, 3.63) is 23.9 Å². The molecule has 1 aliphatic carbocycles. The third kappa shape index (κ3) is 4.43. The fraction of sp³-hybridized carbons (Fsp3) is 0.611. The number of nitrogens with zero attached hydrogens (tertiary/aromatic N) is 3. The third-order valence-electron chi connectivity index (χ3n) is 5.34. The van der Waals surface area contributed by atoms with Gasteiger partial charge in [0.25, 0.3) is 0 Å². The van der Waals surface area contributed by atoms with Crippen molar-refractivity contribution >= 4 is 17.8 Å². The van der Waals surface area contributed by atoms with Crippen LogP contribution >= 0.6 is 0 Å². The van der Waals surface area contributed by atoms with Crippen molar-refractivity contribution in [1.29, 1.82) is 0 Å². The topological polar surface area (TPSA) is 112 Å². The van der Waals surface area contributed by atoms with E-state index in [0.717, 1.165) is 37.3 Å². The Labute approximate surface area is 153 Å². The summed E-state index contributed by atoms with van der Waals surface area (Å²) in [7, 11) is 0. The molecule has 0 atom stereocenters. The molecule has 0 spiro atoms. The molecule has 1 saturated heterocycles. The van der Waals surface area contributed by atoms with E-state index in [9.17, 15) is 9.59 Å². The number of piperazine rings is 1. The number of hydrogen-bond acceptors (Lipinski definition) is 5. The van der Waals surface area contributed by atoms with Crippen LogP contribution in [0, 0.1) is 5.92 Å². The first-order valence-corrected chi connectivity index (χ1v) is 9.25. The zero-order chi connectivity index (χ0) is 18.5. The van der Waals surface area contributed by atoms with Gasteiger partial charge in [0.2, 0.25) is 0 Å². The Morgan fingerprint density at radius 3 is 2.38 bits per heavy atom. The minimum atomic E-state index is -0.723. The molecule has 1 aromatic heterocycles. The van der Waals surface area contributed by atoms with Gasteiger partial charge in [0.05, 0.1) is 5.92 Å². The maximum absolute atomic E-state index is 12.5. The predicted octanol–water partition coefficient (Wildman–Crippen LogP) is 1.02. The molecular weight excluding hydrogens is 334 g/mol. The molecule has 2 amide bonds. The van der Waals surface area contributed by atoms with Gasteiger partial charge in [-0.25, -0.2) is 9.78 Å². The van der Waals surface area contributed by atoms with E-state index in [1.165, 1.54) is 0 Å². The molecule has 2 aliphatic rings. The highest BCUT2D eigenvalue weighted by Crippen LogP contribution is 2.24. The van der Waals surface area contributed by atoms with Crippen LogP contribution in [-0.4, -0.2) is 59.2 Å². The second-order valence-corrected chi connectivity index (χ2v) is 7.04. The third-order valence-corrected chi connectivity index (χ3v) is 5.34. The number of urea groups is 1. The first-order chi connectivity index (χ1) is 12.6. The fourth-order valence-corrected chi connectivity index (χ4v) is 3.61. The van der Waals surface area contributed by atoms with Crippen molar-refractivity contribution in [2.75, 3.05) is 31.1 Å². The van der Waals surface area contributed by atoms with Gasteiger partial charge < -0.3 is 26.0 Å². The average molecular weight is 361 g/mol. The lowest BCUT2D eigenvalue weighted by atomic mass is 9.86. The van der Waals surface area contributed by atoms with Crippen LogP contribution in [0.5, 0.6) is 0 Å². The predicted molar refractivity (Wildman–Crippen MR) is 97.8 cm³/mol. The van der Waals surface area contributed by atoms with E-state index in [0.29, 0.717) is 32.5 Å². The summed E-state index contributed by atoms with van der Waals surface area (Å²) >= 11 is 0. The Morgan fingerprint density at radius 1 is 1.15 bits per heavy atom. The van der Waals surface area contributed by atoms with E-state index in [1.54, 1.807) is 6.20 Å². The zero-order valence-electron chi connectivity index (χ0n) is 14.9.